The van der Waals surface area contributed by atoms with Crippen LogP contribution in [0.25, 0.3) is 0 Å². The van der Waals surface area contributed by atoms with Gasteiger partial charge in [-0.15, -0.1) is 0 Å². The highest BCUT2D eigenvalue weighted by Crippen LogP contribution is 2.27. The molecule has 2 rings (SSSR count). The minimum Gasteiger partial charge on any atom is -0.494 e. The molecule has 0 aromatic heterocycles. The molecule has 1 N–H and O–H groups in total. The zero-order valence-corrected chi connectivity index (χ0v) is 18.0. The van der Waals surface area contributed by atoms with Crippen LogP contribution >= 0.6 is 11.6 Å². The maximum Gasteiger partial charge on any atom is 0.248 e. The van der Waals surface area contributed by atoms with Crippen LogP contribution in [0.1, 0.15) is 25.8 Å². The fourth-order valence-electron chi connectivity index (χ4n) is 2.88. The van der Waals surface area contributed by atoms with E-state index in [0.29, 0.717) is 35.2 Å². The van der Waals surface area contributed by atoms with Gasteiger partial charge in [-0.3, -0.25) is 9.10 Å². The first-order valence-electron chi connectivity index (χ1n) is 8.97. The van der Waals surface area contributed by atoms with Crippen molar-refractivity contribution in [3.05, 3.63) is 53.1 Å². The Morgan fingerprint density at radius 1 is 1.18 bits per heavy atom. The zero-order valence-electron chi connectivity index (χ0n) is 16.4. The van der Waals surface area contributed by atoms with Crippen molar-refractivity contribution in [2.24, 2.45) is 0 Å². The molecule has 28 heavy (non-hydrogen) atoms. The van der Waals surface area contributed by atoms with Gasteiger partial charge in [0.05, 0.1) is 18.6 Å². The molecular formula is C20H25ClN2O4S. The van der Waals surface area contributed by atoms with Crippen molar-refractivity contribution in [3.8, 4) is 5.75 Å². The molecule has 0 aliphatic rings. The maximum atomic E-state index is 13.0. The molecule has 2 aromatic carbocycles. The van der Waals surface area contributed by atoms with Crippen LogP contribution in [0.2, 0.25) is 5.02 Å². The number of hydrogen-bond donors (Lipinski definition) is 1. The van der Waals surface area contributed by atoms with Crippen LogP contribution in [0.5, 0.6) is 5.75 Å². The summed E-state index contributed by atoms with van der Waals surface area (Å²) in [6.07, 6.45) is 1.38. The van der Waals surface area contributed by atoms with Gasteiger partial charge < -0.3 is 10.1 Å². The second kappa shape index (κ2) is 9.30. The van der Waals surface area contributed by atoms with Gasteiger partial charge in [-0.25, -0.2) is 8.42 Å². The van der Waals surface area contributed by atoms with Gasteiger partial charge in [0.25, 0.3) is 0 Å². The van der Waals surface area contributed by atoms with Crippen LogP contribution < -0.4 is 14.4 Å². The lowest BCUT2D eigenvalue weighted by molar-refractivity contribution is -0.117. The number of carbonyl (C=O) groups is 1. The Hall–Kier alpha value is -2.25. The Bertz CT molecular complexity index is 930. The third-order valence-corrected chi connectivity index (χ3v) is 5.85. The number of halogens is 1. The number of sulfonamides is 1. The summed E-state index contributed by atoms with van der Waals surface area (Å²) in [5.74, 6) is 0.207. The minimum absolute atomic E-state index is 0.297. The molecule has 1 unspecified atom stereocenters. The molecule has 0 radical (unpaired) electrons. The second-order valence-corrected chi connectivity index (χ2v) is 8.58. The number of ether oxygens (including phenoxy) is 1. The fourth-order valence-corrected chi connectivity index (χ4v) is 4.26. The maximum absolute atomic E-state index is 13.0. The number of nitrogens with one attached hydrogen (secondary N) is 1. The van der Waals surface area contributed by atoms with Crippen molar-refractivity contribution in [1.29, 1.82) is 0 Å². The number of rotatable bonds is 8. The van der Waals surface area contributed by atoms with Crippen molar-refractivity contribution in [2.45, 2.75) is 33.2 Å². The van der Waals surface area contributed by atoms with E-state index in [9.17, 15) is 13.2 Å². The highest BCUT2D eigenvalue weighted by atomic mass is 35.5. The van der Waals surface area contributed by atoms with E-state index in [-0.39, 0.29) is 0 Å². The molecule has 0 bridgehead atoms. The topological polar surface area (TPSA) is 75.7 Å². The molecular weight excluding hydrogens is 400 g/mol. The van der Waals surface area contributed by atoms with Gasteiger partial charge in [0.2, 0.25) is 15.9 Å². The molecule has 0 heterocycles. The summed E-state index contributed by atoms with van der Waals surface area (Å²) in [5.41, 5.74) is 1.67. The Morgan fingerprint density at radius 3 is 2.36 bits per heavy atom. The highest BCUT2D eigenvalue weighted by Gasteiger charge is 2.31. The molecule has 8 heteroatoms. The van der Waals surface area contributed by atoms with Crippen molar-refractivity contribution in [2.75, 3.05) is 22.5 Å². The monoisotopic (exact) mass is 424 g/mol. The van der Waals surface area contributed by atoms with Gasteiger partial charge in [0.1, 0.15) is 11.8 Å². The third-order valence-electron chi connectivity index (χ3n) is 4.26. The first-order valence-corrected chi connectivity index (χ1v) is 11.2. The van der Waals surface area contributed by atoms with Gasteiger partial charge in [-0.1, -0.05) is 24.6 Å². The Morgan fingerprint density at radius 2 is 1.82 bits per heavy atom. The Kier molecular flexibility index (Phi) is 7.32. The third kappa shape index (κ3) is 5.17. The van der Waals surface area contributed by atoms with Crippen LogP contribution in [0.15, 0.2) is 42.5 Å². The number of carbonyl (C=O) groups excluding carboxylic acids is 1. The fraction of sp³-hybridized carbons (Fsp3) is 0.350. The molecule has 0 aliphatic heterocycles. The Balaban J connectivity index is 2.37. The molecule has 0 saturated heterocycles. The van der Waals surface area contributed by atoms with Crippen LogP contribution in [0.4, 0.5) is 11.4 Å². The number of amides is 1. The molecule has 0 aliphatic carbocycles. The molecule has 152 valence electrons. The van der Waals surface area contributed by atoms with Gasteiger partial charge in [0.15, 0.2) is 0 Å². The average Bonchev–Trinajstić information content (AvgIpc) is 2.63. The van der Waals surface area contributed by atoms with E-state index < -0.39 is 22.0 Å². The lowest BCUT2D eigenvalue weighted by Crippen LogP contribution is -2.47. The summed E-state index contributed by atoms with van der Waals surface area (Å²) < 4.78 is 31.6. The van der Waals surface area contributed by atoms with E-state index in [2.05, 4.69) is 5.32 Å². The molecule has 6 nitrogen and oxygen atoms in total. The van der Waals surface area contributed by atoms with E-state index in [4.69, 9.17) is 16.3 Å². The van der Waals surface area contributed by atoms with Crippen molar-refractivity contribution >= 4 is 38.9 Å². The lowest BCUT2D eigenvalue weighted by Gasteiger charge is -2.30. The zero-order chi connectivity index (χ0) is 20.9. The van der Waals surface area contributed by atoms with Gasteiger partial charge in [0, 0.05) is 10.7 Å². The van der Waals surface area contributed by atoms with Gasteiger partial charge in [-0.2, -0.15) is 0 Å². The van der Waals surface area contributed by atoms with E-state index in [1.807, 2.05) is 6.92 Å². The number of anilines is 2. The normalized spacial score (nSPS) is 12.3. The Labute approximate surface area is 171 Å². The molecule has 1 amide bonds. The highest BCUT2D eigenvalue weighted by molar-refractivity contribution is 7.92. The first kappa shape index (κ1) is 22.0. The summed E-state index contributed by atoms with van der Waals surface area (Å²) >= 11 is 6.11. The van der Waals surface area contributed by atoms with Gasteiger partial charge >= 0.3 is 0 Å². The predicted octanol–water partition coefficient (Wildman–Crippen LogP) is 4.23. The van der Waals surface area contributed by atoms with E-state index in [0.717, 1.165) is 16.1 Å². The summed E-state index contributed by atoms with van der Waals surface area (Å²) in [5, 5.41) is 3.33. The van der Waals surface area contributed by atoms with E-state index in [1.165, 1.54) is 0 Å². The quantitative estimate of drug-likeness (QED) is 0.688. The molecule has 0 spiro atoms. The summed E-state index contributed by atoms with van der Waals surface area (Å²) in [4.78, 5) is 13.0. The predicted molar refractivity (Wildman–Crippen MR) is 114 cm³/mol. The summed E-state index contributed by atoms with van der Waals surface area (Å²) in [7, 11) is -3.70. The molecule has 0 fully saturated rings. The van der Waals surface area contributed by atoms with Crippen molar-refractivity contribution < 1.29 is 17.9 Å². The SMILES string of the molecule is CCOc1ccc(N(C(CC)C(=O)Nc2cccc(Cl)c2C)S(C)(=O)=O)cc1. The van der Waals surface area contributed by atoms with Crippen molar-refractivity contribution in [3.63, 3.8) is 0 Å². The van der Waals surface area contributed by atoms with Crippen LogP contribution in [0, 0.1) is 6.92 Å². The van der Waals surface area contributed by atoms with Crippen LogP contribution in [0.3, 0.4) is 0 Å². The van der Waals surface area contributed by atoms with Crippen molar-refractivity contribution in [1.82, 2.24) is 0 Å². The van der Waals surface area contributed by atoms with E-state index in [1.54, 1.807) is 56.3 Å². The smallest absolute Gasteiger partial charge is 0.248 e. The summed E-state index contributed by atoms with van der Waals surface area (Å²) in [6, 6.07) is 10.9. The van der Waals surface area contributed by atoms with Crippen LogP contribution in [-0.2, 0) is 14.8 Å². The molecule has 1 atom stereocenters. The second-order valence-electron chi connectivity index (χ2n) is 6.31. The van der Waals surface area contributed by atoms with E-state index >= 15 is 0 Å². The number of hydrogen-bond acceptors (Lipinski definition) is 4. The lowest BCUT2D eigenvalue weighted by atomic mass is 10.1. The first-order chi connectivity index (χ1) is 13.2. The van der Waals surface area contributed by atoms with Crippen LogP contribution in [-0.4, -0.2) is 33.2 Å². The average molecular weight is 425 g/mol. The number of nitrogens with zero attached hydrogens (tertiary/aromatic N) is 1. The molecule has 0 saturated carbocycles. The number of benzene rings is 2. The minimum atomic E-state index is -3.70. The largest absolute Gasteiger partial charge is 0.494 e. The standard InChI is InChI=1S/C20H25ClN2O4S/c1-5-19(20(24)22-18-9-7-8-17(21)14(18)3)23(28(4,25)26)15-10-12-16(13-11-15)27-6-2/h7-13,19H,5-6H2,1-4H3,(H,22,24). The van der Waals surface area contributed by atoms with Gasteiger partial charge in [-0.05, 0) is 62.2 Å². The molecule has 2 aromatic rings. The summed E-state index contributed by atoms with van der Waals surface area (Å²) in [6.45, 7) is 5.93.